The van der Waals surface area contributed by atoms with Gasteiger partial charge in [0.2, 0.25) is 0 Å². The predicted molar refractivity (Wildman–Crippen MR) is 53.9 cm³/mol. The summed E-state index contributed by atoms with van der Waals surface area (Å²) in [6.45, 7) is 2.32. The summed E-state index contributed by atoms with van der Waals surface area (Å²) < 4.78 is 5.21. The van der Waals surface area contributed by atoms with Gasteiger partial charge < -0.3 is 9.73 Å². The summed E-state index contributed by atoms with van der Waals surface area (Å²) in [5.74, 6) is 2.10. The maximum Gasteiger partial charge on any atom is 0.113 e. The molecule has 0 aliphatic carbocycles. The first-order valence-corrected chi connectivity index (χ1v) is 4.85. The molecule has 1 aromatic heterocycles. The summed E-state index contributed by atoms with van der Waals surface area (Å²) in [6, 6.07) is 3.97. The number of rotatable bonds is 3. The summed E-state index contributed by atoms with van der Waals surface area (Å²) in [5.41, 5.74) is 0. The zero-order chi connectivity index (χ0) is 7.52. The molecular formula is C8H12ClNOS. The molecule has 0 unspecified atom stereocenters. The van der Waals surface area contributed by atoms with Crippen LogP contribution in [0.25, 0.3) is 0 Å². The second-order valence-electron chi connectivity index (χ2n) is 2.67. The molecule has 2 heterocycles. The number of nitrogens with one attached hydrogen (secondary N) is 1. The van der Waals surface area contributed by atoms with Crippen LogP contribution < -0.4 is 5.32 Å². The van der Waals surface area contributed by atoms with Crippen LogP contribution in [0.4, 0.5) is 0 Å². The van der Waals surface area contributed by atoms with Crippen molar-refractivity contribution in [3.05, 3.63) is 24.2 Å². The van der Waals surface area contributed by atoms with E-state index in [1.165, 1.54) is 0 Å². The smallest absolute Gasteiger partial charge is 0.113 e. The molecule has 1 aromatic rings. The zero-order valence-electron chi connectivity index (χ0n) is 6.66. The Kier molecular flexibility index (Phi) is 3.98. The molecule has 0 saturated carbocycles. The van der Waals surface area contributed by atoms with E-state index in [1.807, 2.05) is 23.9 Å². The highest BCUT2D eigenvalue weighted by Crippen LogP contribution is 2.20. The van der Waals surface area contributed by atoms with Crippen LogP contribution in [0.3, 0.4) is 0 Å². The number of furan rings is 1. The quantitative estimate of drug-likeness (QED) is 0.816. The first-order valence-electron chi connectivity index (χ1n) is 3.80. The van der Waals surface area contributed by atoms with Crippen LogP contribution in [-0.4, -0.2) is 18.3 Å². The van der Waals surface area contributed by atoms with Crippen molar-refractivity contribution in [1.82, 2.24) is 5.32 Å². The number of hydrogen-bond acceptors (Lipinski definition) is 3. The van der Waals surface area contributed by atoms with Gasteiger partial charge in [-0.3, -0.25) is 0 Å². The third-order valence-electron chi connectivity index (χ3n) is 1.79. The van der Waals surface area contributed by atoms with Gasteiger partial charge in [0, 0.05) is 18.3 Å². The molecule has 1 fully saturated rings. The van der Waals surface area contributed by atoms with Gasteiger partial charge in [-0.2, -0.15) is 0 Å². The highest BCUT2D eigenvalue weighted by molar-refractivity contribution is 7.99. The molecule has 2 rings (SSSR count). The Morgan fingerprint density at radius 3 is 2.92 bits per heavy atom. The standard InChI is InChI=1S/C8H11NOS.ClH/c1-2-7(10-3-1)6-11-8-4-9-5-8;/h1-3,8-9H,4-6H2;1H. The fourth-order valence-corrected chi connectivity index (χ4v) is 2.01. The topological polar surface area (TPSA) is 25.2 Å². The molecule has 1 aliphatic heterocycles. The van der Waals surface area contributed by atoms with Crippen LogP contribution in [0, 0.1) is 0 Å². The number of thioether (sulfide) groups is 1. The minimum absolute atomic E-state index is 0. The lowest BCUT2D eigenvalue weighted by molar-refractivity contribution is 0.524. The second-order valence-corrected chi connectivity index (χ2v) is 3.96. The molecule has 1 aliphatic rings. The highest BCUT2D eigenvalue weighted by Gasteiger charge is 2.16. The van der Waals surface area contributed by atoms with Crippen LogP contribution >= 0.6 is 24.2 Å². The lowest BCUT2D eigenvalue weighted by Gasteiger charge is -2.25. The molecule has 0 bridgehead atoms. The summed E-state index contributed by atoms with van der Waals surface area (Å²) >= 11 is 1.96. The Hall–Kier alpha value is -0.120. The number of halogens is 1. The Labute approximate surface area is 82.5 Å². The maximum absolute atomic E-state index is 5.21. The maximum atomic E-state index is 5.21. The molecule has 4 heteroatoms. The fourth-order valence-electron chi connectivity index (χ4n) is 0.975. The molecule has 12 heavy (non-hydrogen) atoms. The Bertz CT molecular complexity index is 211. The average Bonchev–Trinajstić information content (AvgIpc) is 2.36. The van der Waals surface area contributed by atoms with Gasteiger partial charge in [-0.05, 0) is 12.1 Å². The van der Waals surface area contributed by atoms with E-state index in [0.29, 0.717) is 0 Å². The average molecular weight is 206 g/mol. The van der Waals surface area contributed by atoms with Crippen LogP contribution in [0.5, 0.6) is 0 Å². The van der Waals surface area contributed by atoms with Crippen molar-refractivity contribution in [1.29, 1.82) is 0 Å². The largest absolute Gasteiger partial charge is 0.468 e. The lowest BCUT2D eigenvalue weighted by Crippen LogP contribution is -2.44. The highest BCUT2D eigenvalue weighted by atomic mass is 35.5. The van der Waals surface area contributed by atoms with Gasteiger partial charge in [0.15, 0.2) is 0 Å². The second kappa shape index (κ2) is 4.80. The molecule has 2 nitrogen and oxygen atoms in total. The molecule has 1 saturated heterocycles. The first-order chi connectivity index (χ1) is 5.45. The Morgan fingerprint density at radius 1 is 1.58 bits per heavy atom. The van der Waals surface area contributed by atoms with E-state index in [-0.39, 0.29) is 12.4 Å². The molecule has 0 radical (unpaired) electrons. The lowest BCUT2D eigenvalue weighted by atomic mass is 10.3. The SMILES string of the molecule is Cl.c1coc(CSC2CNC2)c1. The van der Waals surface area contributed by atoms with Gasteiger partial charge in [-0.1, -0.05) is 0 Å². The van der Waals surface area contributed by atoms with Crippen molar-refractivity contribution < 1.29 is 4.42 Å². The van der Waals surface area contributed by atoms with E-state index in [9.17, 15) is 0 Å². The van der Waals surface area contributed by atoms with Crippen LogP contribution in [0.2, 0.25) is 0 Å². The molecule has 1 N–H and O–H groups in total. The molecular weight excluding hydrogens is 194 g/mol. The van der Waals surface area contributed by atoms with E-state index in [4.69, 9.17) is 4.42 Å². The van der Waals surface area contributed by atoms with Crippen molar-refractivity contribution in [3.63, 3.8) is 0 Å². The van der Waals surface area contributed by atoms with Crippen molar-refractivity contribution in [3.8, 4) is 0 Å². The Morgan fingerprint density at radius 2 is 2.42 bits per heavy atom. The van der Waals surface area contributed by atoms with Gasteiger partial charge >= 0.3 is 0 Å². The molecule has 68 valence electrons. The van der Waals surface area contributed by atoms with Gasteiger partial charge in [0.05, 0.1) is 12.0 Å². The van der Waals surface area contributed by atoms with Crippen LogP contribution in [-0.2, 0) is 5.75 Å². The van der Waals surface area contributed by atoms with Crippen molar-refractivity contribution in [2.45, 2.75) is 11.0 Å². The van der Waals surface area contributed by atoms with E-state index < -0.39 is 0 Å². The minimum atomic E-state index is 0. The summed E-state index contributed by atoms with van der Waals surface area (Å²) in [5, 5.41) is 4.05. The van der Waals surface area contributed by atoms with Gasteiger partial charge in [0.1, 0.15) is 5.76 Å². The van der Waals surface area contributed by atoms with Crippen molar-refractivity contribution in [2.75, 3.05) is 13.1 Å². The van der Waals surface area contributed by atoms with Crippen LogP contribution in [0.15, 0.2) is 22.8 Å². The van der Waals surface area contributed by atoms with Gasteiger partial charge in [-0.25, -0.2) is 0 Å². The number of hydrogen-bond donors (Lipinski definition) is 1. The predicted octanol–water partition coefficient (Wildman–Crippen LogP) is 1.91. The van der Waals surface area contributed by atoms with Crippen molar-refractivity contribution in [2.24, 2.45) is 0 Å². The Balaban J connectivity index is 0.000000720. The molecule has 0 atom stereocenters. The first kappa shape index (κ1) is 9.96. The summed E-state index contributed by atoms with van der Waals surface area (Å²) in [6.07, 6.45) is 1.73. The van der Waals surface area contributed by atoms with Gasteiger partial charge in [-0.15, -0.1) is 24.2 Å². The van der Waals surface area contributed by atoms with Crippen LogP contribution in [0.1, 0.15) is 5.76 Å². The monoisotopic (exact) mass is 205 g/mol. The molecule has 0 spiro atoms. The fraction of sp³-hybridized carbons (Fsp3) is 0.500. The third kappa shape index (κ3) is 2.44. The zero-order valence-corrected chi connectivity index (χ0v) is 8.29. The minimum Gasteiger partial charge on any atom is -0.468 e. The normalized spacial score (nSPS) is 16.7. The molecule has 0 aromatic carbocycles. The third-order valence-corrected chi connectivity index (χ3v) is 3.04. The van der Waals surface area contributed by atoms with E-state index >= 15 is 0 Å². The summed E-state index contributed by atoms with van der Waals surface area (Å²) in [4.78, 5) is 0. The van der Waals surface area contributed by atoms with E-state index in [2.05, 4.69) is 5.32 Å². The molecule has 0 amide bonds. The van der Waals surface area contributed by atoms with E-state index in [1.54, 1.807) is 6.26 Å². The summed E-state index contributed by atoms with van der Waals surface area (Å²) in [7, 11) is 0. The van der Waals surface area contributed by atoms with Gasteiger partial charge in [0.25, 0.3) is 0 Å². The van der Waals surface area contributed by atoms with Crippen molar-refractivity contribution >= 4 is 24.2 Å². The van der Waals surface area contributed by atoms with E-state index in [0.717, 1.165) is 29.9 Å².